The molecule has 1 aromatic carbocycles. The number of halogens is 2. The molecular weight excluding hydrogens is 425 g/mol. The second-order valence-corrected chi connectivity index (χ2v) is 9.88. The van der Waals surface area contributed by atoms with Crippen molar-refractivity contribution in [3.63, 3.8) is 0 Å². The van der Waals surface area contributed by atoms with Crippen LogP contribution in [0.1, 0.15) is 62.8 Å². The van der Waals surface area contributed by atoms with E-state index >= 15 is 0 Å². The summed E-state index contributed by atoms with van der Waals surface area (Å²) < 4.78 is 15.3. The molecule has 2 heterocycles. The van der Waals surface area contributed by atoms with E-state index in [4.69, 9.17) is 23.1 Å². The lowest BCUT2D eigenvalue weighted by atomic mass is 9.79. The first-order valence-electron chi connectivity index (χ1n) is 9.80. The molecule has 0 aliphatic carbocycles. The Morgan fingerprint density at radius 3 is 2.29 bits per heavy atom. The van der Waals surface area contributed by atoms with Gasteiger partial charge in [0.25, 0.3) is 5.91 Å². The van der Waals surface area contributed by atoms with Gasteiger partial charge < -0.3 is 21.5 Å². The Kier molecular flexibility index (Phi) is 5.56. The fourth-order valence-electron chi connectivity index (χ4n) is 4.17. The van der Waals surface area contributed by atoms with Crippen LogP contribution in [0, 0.1) is 11.2 Å². The lowest BCUT2D eigenvalue weighted by Crippen LogP contribution is -2.55. The second kappa shape index (κ2) is 7.49. The van der Waals surface area contributed by atoms with E-state index in [1.807, 2.05) is 20.8 Å². The van der Waals surface area contributed by atoms with E-state index < -0.39 is 40.9 Å². The van der Waals surface area contributed by atoms with Crippen LogP contribution in [0.5, 0.6) is 0 Å². The Hall–Kier alpha value is -2.65. The van der Waals surface area contributed by atoms with Gasteiger partial charge in [-0.3, -0.25) is 9.48 Å². The van der Waals surface area contributed by atoms with Gasteiger partial charge in [0.2, 0.25) is 0 Å². The van der Waals surface area contributed by atoms with Crippen molar-refractivity contribution < 1.29 is 19.1 Å². The van der Waals surface area contributed by atoms with Crippen LogP contribution >= 0.6 is 11.6 Å². The zero-order chi connectivity index (χ0) is 23.5. The predicted octanol–water partition coefficient (Wildman–Crippen LogP) is 3.24. The summed E-state index contributed by atoms with van der Waals surface area (Å²) in [4.78, 5) is 26.5. The van der Waals surface area contributed by atoms with Crippen LogP contribution in [0.4, 0.5) is 9.18 Å². The number of rotatable bonds is 3. The molecule has 0 saturated carbocycles. The number of amides is 3. The molecule has 0 fully saturated rings. The van der Waals surface area contributed by atoms with Gasteiger partial charge in [0, 0.05) is 12.1 Å². The van der Waals surface area contributed by atoms with Gasteiger partial charge in [-0.15, -0.1) is 0 Å². The Morgan fingerprint density at radius 2 is 1.84 bits per heavy atom. The van der Waals surface area contributed by atoms with Crippen molar-refractivity contribution in [3.05, 3.63) is 40.3 Å². The highest BCUT2D eigenvalue weighted by Crippen LogP contribution is 2.47. The van der Waals surface area contributed by atoms with E-state index in [1.54, 1.807) is 18.5 Å². The van der Waals surface area contributed by atoms with Crippen molar-refractivity contribution >= 4 is 23.5 Å². The number of urea groups is 1. The fraction of sp³-hybridized carbons (Fsp3) is 0.476. The number of nitrogens with zero attached hydrogens (tertiary/aromatic N) is 3. The molecule has 10 heteroatoms. The number of hydrogen-bond donors (Lipinski definition) is 3. The summed E-state index contributed by atoms with van der Waals surface area (Å²) in [7, 11) is 0. The van der Waals surface area contributed by atoms with Crippen LogP contribution in [0.2, 0.25) is 5.02 Å². The van der Waals surface area contributed by atoms with Crippen LogP contribution in [0.15, 0.2) is 18.2 Å². The summed E-state index contributed by atoms with van der Waals surface area (Å²) >= 11 is 5.95. The highest BCUT2D eigenvalue weighted by atomic mass is 35.5. The summed E-state index contributed by atoms with van der Waals surface area (Å²) in [5.74, 6) is -1.39. The van der Waals surface area contributed by atoms with Crippen LogP contribution in [0.3, 0.4) is 0 Å². The predicted molar refractivity (Wildman–Crippen MR) is 115 cm³/mol. The van der Waals surface area contributed by atoms with Crippen molar-refractivity contribution in [3.8, 4) is 11.3 Å². The van der Waals surface area contributed by atoms with Gasteiger partial charge in [0.05, 0.1) is 34.0 Å². The van der Waals surface area contributed by atoms with Gasteiger partial charge in [0.15, 0.2) is 0 Å². The molecule has 0 bridgehead atoms. The maximum atomic E-state index is 13.7. The zero-order valence-corrected chi connectivity index (χ0v) is 18.9. The monoisotopic (exact) mass is 451 g/mol. The van der Waals surface area contributed by atoms with Gasteiger partial charge in [0.1, 0.15) is 11.5 Å². The summed E-state index contributed by atoms with van der Waals surface area (Å²) in [6.45, 7) is 8.94. The average Bonchev–Trinajstić information content (AvgIpc) is 3.00. The summed E-state index contributed by atoms with van der Waals surface area (Å²) in [6.07, 6.45) is 0. The van der Waals surface area contributed by atoms with Crippen LogP contribution in [-0.4, -0.2) is 43.9 Å². The molecule has 3 rings (SSSR count). The van der Waals surface area contributed by atoms with E-state index in [9.17, 15) is 19.1 Å². The summed E-state index contributed by atoms with van der Waals surface area (Å²) in [5, 5.41) is 15.3. The molecule has 1 aliphatic heterocycles. The maximum Gasteiger partial charge on any atom is 0.315 e. The SMILES string of the molecule is CC(C)(C)C1c2c(C(N)=O)c(-c3ccc(F)c(Cl)c3)nn2C(C(C)(C)O)CN1C(N)=O. The van der Waals surface area contributed by atoms with E-state index in [-0.39, 0.29) is 22.8 Å². The third kappa shape index (κ3) is 3.99. The number of primary amides is 2. The Bertz CT molecular complexity index is 1050. The number of carbonyl (C=O) groups is 2. The van der Waals surface area contributed by atoms with Gasteiger partial charge in [-0.1, -0.05) is 32.4 Å². The third-order valence-corrected chi connectivity index (χ3v) is 5.83. The minimum absolute atomic E-state index is 0.0720. The van der Waals surface area contributed by atoms with Crippen LogP contribution in [-0.2, 0) is 0 Å². The molecule has 2 unspecified atom stereocenters. The zero-order valence-electron chi connectivity index (χ0n) is 18.1. The first-order chi connectivity index (χ1) is 14.1. The van der Waals surface area contributed by atoms with Gasteiger partial charge in [-0.25, -0.2) is 9.18 Å². The molecule has 2 aromatic rings. The van der Waals surface area contributed by atoms with Gasteiger partial charge >= 0.3 is 6.03 Å². The summed E-state index contributed by atoms with van der Waals surface area (Å²) in [6, 6.07) is 1.92. The molecule has 2 atom stereocenters. The normalized spacial score (nSPS) is 19.3. The number of benzene rings is 1. The Labute approximate surface area is 184 Å². The lowest BCUT2D eigenvalue weighted by Gasteiger charge is -2.47. The molecule has 31 heavy (non-hydrogen) atoms. The number of hydrogen-bond acceptors (Lipinski definition) is 4. The van der Waals surface area contributed by atoms with E-state index in [1.165, 1.54) is 23.1 Å². The molecule has 0 radical (unpaired) electrons. The number of fused-ring (bicyclic) bond motifs is 1. The van der Waals surface area contributed by atoms with Gasteiger partial charge in [-0.05, 0) is 37.5 Å². The maximum absolute atomic E-state index is 13.7. The van der Waals surface area contributed by atoms with Crippen molar-refractivity contribution in [2.45, 2.75) is 52.3 Å². The van der Waals surface area contributed by atoms with Crippen LogP contribution < -0.4 is 11.5 Å². The number of aliphatic hydroxyl groups is 1. The molecule has 5 N–H and O–H groups in total. The largest absolute Gasteiger partial charge is 0.388 e. The molecule has 0 spiro atoms. The minimum atomic E-state index is -1.32. The van der Waals surface area contributed by atoms with E-state index in [0.29, 0.717) is 11.3 Å². The lowest BCUT2D eigenvalue weighted by molar-refractivity contribution is -0.0248. The molecular formula is C21H27ClFN5O3. The van der Waals surface area contributed by atoms with Crippen LogP contribution in [0.25, 0.3) is 11.3 Å². The Balaban J connectivity index is 2.42. The number of nitrogens with two attached hydrogens (primary N) is 2. The molecule has 8 nitrogen and oxygen atoms in total. The van der Waals surface area contributed by atoms with Crippen molar-refractivity contribution in [2.24, 2.45) is 16.9 Å². The second-order valence-electron chi connectivity index (χ2n) is 9.48. The van der Waals surface area contributed by atoms with Crippen molar-refractivity contribution in [2.75, 3.05) is 6.54 Å². The quantitative estimate of drug-likeness (QED) is 0.661. The Morgan fingerprint density at radius 1 is 1.23 bits per heavy atom. The summed E-state index contributed by atoms with van der Waals surface area (Å²) in [5.41, 5.74) is 10.6. The standard InChI is InChI=1S/C21H27ClFN5O3/c1-20(2,3)17-16-14(18(24)29)15(10-6-7-12(23)11(22)8-10)26-28(16)13(21(4,5)31)9-27(17)19(25)30/h6-8,13,17,31H,9H2,1-5H3,(H2,24,29)(H2,25,30). The van der Waals surface area contributed by atoms with E-state index in [0.717, 1.165) is 0 Å². The molecule has 0 saturated heterocycles. The van der Waals surface area contributed by atoms with E-state index in [2.05, 4.69) is 5.10 Å². The third-order valence-electron chi connectivity index (χ3n) is 5.54. The molecule has 1 aliphatic rings. The molecule has 3 amide bonds. The minimum Gasteiger partial charge on any atom is -0.388 e. The first kappa shape index (κ1) is 23.0. The van der Waals surface area contributed by atoms with Gasteiger partial charge in [-0.2, -0.15) is 5.10 Å². The topological polar surface area (TPSA) is 127 Å². The molecule has 1 aromatic heterocycles. The average molecular weight is 452 g/mol. The molecule has 168 valence electrons. The van der Waals surface area contributed by atoms with Crippen molar-refractivity contribution in [1.29, 1.82) is 0 Å². The number of aromatic nitrogens is 2. The highest BCUT2D eigenvalue weighted by molar-refractivity contribution is 6.31. The smallest absolute Gasteiger partial charge is 0.315 e. The van der Waals surface area contributed by atoms with Crippen molar-refractivity contribution in [1.82, 2.24) is 14.7 Å². The highest BCUT2D eigenvalue weighted by Gasteiger charge is 2.48. The fourth-order valence-corrected chi connectivity index (χ4v) is 4.35. The number of carbonyl (C=O) groups excluding carboxylic acids is 2. The first-order valence-corrected chi connectivity index (χ1v) is 10.2.